The van der Waals surface area contributed by atoms with E-state index < -0.39 is 161 Å². The van der Waals surface area contributed by atoms with Crippen LogP contribution in [0.4, 0.5) is 0 Å². The van der Waals surface area contributed by atoms with Crippen LogP contribution in [0.5, 0.6) is 0 Å². The molecule has 4 rings (SSSR count). The van der Waals surface area contributed by atoms with Gasteiger partial charge in [-0.3, -0.25) is 9.59 Å². The van der Waals surface area contributed by atoms with Gasteiger partial charge in [0.25, 0.3) is 0 Å². The lowest BCUT2D eigenvalue weighted by atomic mass is 9.95. The van der Waals surface area contributed by atoms with Crippen LogP contribution in [-0.4, -0.2) is 222 Å². The molecule has 4 aliphatic heterocycles. The molecule has 51 heavy (non-hydrogen) atoms. The number of ether oxygens (including phenoxy) is 7. The number of amides is 2. The first kappa shape index (κ1) is 41.9. The molecule has 4 heterocycles. The van der Waals surface area contributed by atoms with E-state index in [2.05, 4.69) is 10.6 Å². The lowest BCUT2D eigenvalue weighted by Gasteiger charge is -2.48. The third-order valence-corrected chi connectivity index (χ3v) is 8.99. The average Bonchev–Trinajstić information content (AvgIpc) is 3.09. The maximum atomic E-state index is 11.9. The summed E-state index contributed by atoms with van der Waals surface area (Å²) in [6.45, 7) is -1.06. The highest BCUT2D eigenvalue weighted by Crippen LogP contribution is 2.32. The van der Waals surface area contributed by atoms with Crippen LogP contribution in [0.15, 0.2) is 0 Å². The standard InChI is InChI=1S/C28H48N2O21/c1-7(34)29-13-19(40)23(11(5-33)46-25(13)44)50-27-22(43)20(41)17(38)12(49-27)6-45-28-24(21(42)16(37)10(4-32)48-28)51-26-14(30-8(2)35)18(39)15(36)9(3-31)47-26/h9-28,31-33,36-44H,3-6H2,1-2H3,(H,29,34)(H,30,35)/t9-,10-,11-,12-,13-,14-,15-,16-,17-,18-,19-,20+,21+,22+,23-,24+,25?,26+,27+,28+/m1/s1. The van der Waals surface area contributed by atoms with Crippen molar-refractivity contribution in [1.29, 1.82) is 0 Å². The molecule has 23 heteroatoms. The maximum Gasteiger partial charge on any atom is 0.217 e. The zero-order chi connectivity index (χ0) is 37.9. The van der Waals surface area contributed by atoms with Gasteiger partial charge >= 0.3 is 0 Å². The summed E-state index contributed by atoms with van der Waals surface area (Å²) in [7, 11) is 0. The van der Waals surface area contributed by atoms with Gasteiger partial charge in [-0.1, -0.05) is 0 Å². The second-order valence-electron chi connectivity index (χ2n) is 12.7. The molecule has 4 aliphatic rings. The number of carbonyl (C=O) groups excluding carboxylic acids is 2. The van der Waals surface area contributed by atoms with Crippen LogP contribution in [-0.2, 0) is 42.7 Å². The summed E-state index contributed by atoms with van der Waals surface area (Å²) in [5, 5.41) is 129. The third kappa shape index (κ3) is 9.29. The molecule has 0 aromatic heterocycles. The normalized spacial score (nSPS) is 47.8. The van der Waals surface area contributed by atoms with Crippen molar-refractivity contribution in [3.63, 3.8) is 0 Å². The highest BCUT2D eigenvalue weighted by molar-refractivity contribution is 5.73. The summed E-state index contributed by atoms with van der Waals surface area (Å²) in [4.78, 5) is 23.5. The average molecular weight is 749 g/mol. The summed E-state index contributed by atoms with van der Waals surface area (Å²) in [5.74, 6) is -1.36. The van der Waals surface area contributed by atoms with Crippen molar-refractivity contribution in [3.05, 3.63) is 0 Å². The lowest BCUT2D eigenvalue weighted by Crippen LogP contribution is -2.68. The Hall–Kier alpha value is -1.82. The monoisotopic (exact) mass is 748 g/mol. The van der Waals surface area contributed by atoms with Gasteiger partial charge in [0.15, 0.2) is 25.2 Å². The molecule has 296 valence electrons. The van der Waals surface area contributed by atoms with Crippen LogP contribution < -0.4 is 10.6 Å². The third-order valence-electron chi connectivity index (χ3n) is 8.99. The molecule has 0 aromatic carbocycles. The number of carbonyl (C=O) groups is 2. The van der Waals surface area contributed by atoms with Gasteiger partial charge in [0.2, 0.25) is 11.8 Å². The van der Waals surface area contributed by atoms with E-state index in [0.717, 1.165) is 13.8 Å². The van der Waals surface area contributed by atoms with Crippen LogP contribution in [0.1, 0.15) is 13.8 Å². The predicted octanol–water partition coefficient (Wildman–Crippen LogP) is -9.46. The lowest BCUT2D eigenvalue weighted by molar-refractivity contribution is -0.369. The van der Waals surface area contributed by atoms with E-state index in [0.29, 0.717) is 0 Å². The van der Waals surface area contributed by atoms with Gasteiger partial charge in [-0.05, 0) is 0 Å². The topological polar surface area (TPSA) is 366 Å². The molecule has 0 saturated carbocycles. The van der Waals surface area contributed by atoms with Gasteiger partial charge in [-0.25, -0.2) is 0 Å². The summed E-state index contributed by atoms with van der Waals surface area (Å²) in [5.41, 5.74) is 0. The predicted molar refractivity (Wildman–Crippen MR) is 157 cm³/mol. The Morgan fingerprint density at radius 1 is 0.510 bits per heavy atom. The molecule has 0 aliphatic carbocycles. The van der Waals surface area contributed by atoms with Gasteiger partial charge in [-0.2, -0.15) is 0 Å². The minimum atomic E-state index is -1.99. The molecular formula is C28H48N2O21. The highest BCUT2D eigenvalue weighted by atomic mass is 16.8. The molecule has 14 N–H and O–H groups in total. The summed E-state index contributed by atoms with van der Waals surface area (Å²) >= 11 is 0. The molecule has 0 bridgehead atoms. The van der Waals surface area contributed by atoms with Crippen LogP contribution in [0, 0.1) is 0 Å². The fourth-order valence-corrected chi connectivity index (χ4v) is 6.23. The number of hydrogen-bond acceptors (Lipinski definition) is 21. The van der Waals surface area contributed by atoms with Crippen molar-refractivity contribution < 1.29 is 104 Å². The second-order valence-corrected chi connectivity index (χ2v) is 12.7. The molecule has 0 aromatic rings. The van der Waals surface area contributed by atoms with Crippen molar-refractivity contribution >= 4 is 11.8 Å². The molecule has 20 atom stereocenters. The zero-order valence-corrected chi connectivity index (χ0v) is 27.4. The van der Waals surface area contributed by atoms with E-state index in [1.165, 1.54) is 0 Å². The molecule has 23 nitrogen and oxygen atoms in total. The second kappa shape index (κ2) is 18.0. The van der Waals surface area contributed by atoms with Crippen molar-refractivity contribution in [2.45, 2.75) is 137 Å². The van der Waals surface area contributed by atoms with Gasteiger partial charge in [0, 0.05) is 13.8 Å². The van der Waals surface area contributed by atoms with Gasteiger partial charge in [-0.15, -0.1) is 0 Å². The van der Waals surface area contributed by atoms with Gasteiger partial charge < -0.3 is 105 Å². The minimum Gasteiger partial charge on any atom is -0.394 e. The van der Waals surface area contributed by atoms with E-state index in [9.17, 15) is 70.9 Å². The molecule has 2 amide bonds. The summed E-state index contributed by atoms with van der Waals surface area (Å²) in [6, 6.07) is -2.95. The number of aliphatic hydroxyl groups excluding tert-OH is 12. The maximum absolute atomic E-state index is 11.9. The Morgan fingerprint density at radius 2 is 1.00 bits per heavy atom. The fourth-order valence-electron chi connectivity index (χ4n) is 6.23. The number of nitrogens with one attached hydrogen (secondary N) is 2. The van der Waals surface area contributed by atoms with Crippen molar-refractivity contribution in [3.8, 4) is 0 Å². The molecule has 0 spiro atoms. The van der Waals surface area contributed by atoms with Crippen LogP contribution in [0.2, 0.25) is 0 Å². The molecule has 4 fully saturated rings. The summed E-state index contributed by atoms with van der Waals surface area (Å²) in [6.07, 6.45) is -31.2. The van der Waals surface area contributed by atoms with E-state index in [1.54, 1.807) is 0 Å². The van der Waals surface area contributed by atoms with Gasteiger partial charge in [0.05, 0.1) is 26.4 Å². The van der Waals surface area contributed by atoms with Crippen molar-refractivity contribution in [1.82, 2.24) is 10.6 Å². The van der Waals surface area contributed by atoms with Gasteiger partial charge in [0.1, 0.15) is 97.5 Å². The number of aliphatic hydroxyl groups is 12. The first-order valence-electron chi connectivity index (χ1n) is 16.1. The van der Waals surface area contributed by atoms with E-state index in [4.69, 9.17) is 33.2 Å². The first-order chi connectivity index (χ1) is 24.0. The van der Waals surface area contributed by atoms with Crippen LogP contribution in [0.3, 0.4) is 0 Å². The smallest absolute Gasteiger partial charge is 0.217 e. The summed E-state index contributed by atoms with van der Waals surface area (Å²) < 4.78 is 39.2. The molecular weight excluding hydrogens is 700 g/mol. The minimum absolute atomic E-state index is 0.663. The molecule has 4 saturated heterocycles. The number of rotatable bonds is 12. The molecule has 1 unspecified atom stereocenters. The Morgan fingerprint density at radius 3 is 1.57 bits per heavy atom. The quantitative estimate of drug-likeness (QED) is 0.0881. The van der Waals surface area contributed by atoms with E-state index >= 15 is 0 Å². The number of hydrogen-bond donors (Lipinski definition) is 14. The fraction of sp³-hybridized carbons (Fsp3) is 0.929. The molecule has 0 radical (unpaired) electrons. The van der Waals surface area contributed by atoms with Crippen molar-refractivity contribution in [2.75, 3.05) is 26.4 Å². The van der Waals surface area contributed by atoms with Crippen LogP contribution >= 0.6 is 0 Å². The first-order valence-corrected chi connectivity index (χ1v) is 16.1. The zero-order valence-electron chi connectivity index (χ0n) is 27.4. The Bertz CT molecular complexity index is 1140. The highest BCUT2D eigenvalue weighted by Gasteiger charge is 2.54. The Labute approximate surface area is 289 Å². The van der Waals surface area contributed by atoms with Crippen molar-refractivity contribution in [2.24, 2.45) is 0 Å². The van der Waals surface area contributed by atoms with E-state index in [-0.39, 0.29) is 0 Å². The largest absolute Gasteiger partial charge is 0.394 e. The Balaban J connectivity index is 1.53. The van der Waals surface area contributed by atoms with E-state index in [1.807, 2.05) is 0 Å². The SMILES string of the molecule is CC(=O)N[C@H]1[C@H](O[C@@H]2[C@@H](OC[C@H]3O[C@@H](O[C@H]4[C@H](O)[C@@H](NC(C)=O)C(O)O[C@@H]4CO)[C@@H](O)[C@@H](O)[C@@H]3O)O[C@H](CO)[C@@H](O)[C@@H]2O)O[C@H](CO)[C@@H](O)[C@@H]1O. The Kier molecular flexibility index (Phi) is 14.8. The van der Waals surface area contributed by atoms with Crippen LogP contribution in [0.25, 0.3) is 0 Å².